The molecule has 0 saturated carbocycles. The van der Waals surface area contributed by atoms with Gasteiger partial charge in [-0.05, 0) is 31.2 Å². The number of rotatable bonds is 6. The monoisotopic (exact) mass is 374 g/mol. The van der Waals surface area contributed by atoms with Crippen LogP contribution in [0.15, 0.2) is 24.3 Å². The molecule has 27 heavy (non-hydrogen) atoms. The molecule has 1 aromatic rings. The average molecular weight is 374 g/mol. The van der Waals surface area contributed by atoms with Gasteiger partial charge in [-0.15, -0.1) is 0 Å². The van der Waals surface area contributed by atoms with Gasteiger partial charge in [0, 0.05) is 50.0 Å². The van der Waals surface area contributed by atoms with Gasteiger partial charge in [0.1, 0.15) is 5.75 Å². The summed E-state index contributed by atoms with van der Waals surface area (Å²) < 4.78 is 5.36. The van der Waals surface area contributed by atoms with Crippen LogP contribution in [0.25, 0.3) is 0 Å². The normalized spacial score (nSPS) is 14.8. The predicted molar refractivity (Wildman–Crippen MR) is 104 cm³/mol. The molecule has 2 amide bonds. The highest BCUT2D eigenvalue weighted by atomic mass is 16.5. The van der Waals surface area contributed by atoms with E-state index in [9.17, 15) is 14.4 Å². The smallest absolute Gasteiger partial charge is 0.228 e. The zero-order chi connectivity index (χ0) is 20.0. The van der Waals surface area contributed by atoms with Crippen molar-refractivity contribution in [2.45, 2.75) is 40.5 Å². The second kappa shape index (κ2) is 9.02. The first-order valence-electron chi connectivity index (χ1n) is 9.55. The van der Waals surface area contributed by atoms with Crippen LogP contribution in [0, 0.1) is 5.41 Å². The van der Waals surface area contributed by atoms with Gasteiger partial charge < -0.3 is 14.5 Å². The topological polar surface area (TPSA) is 66.9 Å². The number of carbonyl (C=O) groups excluding carboxylic acids is 3. The summed E-state index contributed by atoms with van der Waals surface area (Å²) in [5.41, 5.74) is 0.183. The fourth-order valence-electron chi connectivity index (χ4n) is 3.06. The average Bonchev–Trinajstić information content (AvgIpc) is 2.65. The predicted octanol–water partition coefficient (Wildman–Crippen LogP) is 2.77. The summed E-state index contributed by atoms with van der Waals surface area (Å²) in [5, 5.41) is 0. The van der Waals surface area contributed by atoms with Crippen molar-refractivity contribution in [3.63, 3.8) is 0 Å². The van der Waals surface area contributed by atoms with Gasteiger partial charge >= 0.3 is 0 Å². The molecule has 0 radical (unpaired) electrons. The number of hydrogen-bond acceptors (Lipinski definition) is 4. The van der Waals surface area contributed by atoms with Crippen LogP contribution < -0.4 is 4.74 Å². The molecule has 0 spiro atoms. The minimum absolute atomic E-state index is 0.0304. The van der Waals surface area contributed by atoms with Gasteiger partial charge in [0.2, 0.25) is 11.8 Å². The third kappa shape index (κ3) is 5.81. The zero-order valence-corrected chi connectivity index (χ0v) is 16.8. The van der Waals surface area contributed by atoms with Gasteiger partial charge in [0.15, 0.2) is 5.78 Å². The second-order valence-corrected chi connectivity index (χ2v) is 7.80. The van der Waals surface area contributed by atoms with E-state index in [0.29, 0.717) is 38.3 Å². The summed E-state index contributed by atoms with van der Waals surface area (Å²) in [6.07, 6.45) is 0.382. The number of ether oxygens (including phenoxy) is 1. The summed E-state index contributed by atoms with van der Waals surface area (Å²) in [7, 11) is 0. The third-order valence-electron chi connectivity index (χ3n) is 4.61. The first kappa shape index (κ1) is 20.9. The fraction of sp³-hybridized carbons (Fsp3) is 0.571. The Kier molecular flexibility index (Phi) is 6.99. The number of hydrogen-bond donors (Lipinski definition) is 0. The molecule has 148 valence electrons. The maximum Gasteiger partial charge on any atom is 0.228 e. The van der Waals surface area contributed by atoms with Gasteiger partial charge in [-0.2, -0.15) is 0 Å². The highest BCUT2D eigenvalue weighted by molar-refractivity contribution is 5.98. The van der Waals surface area contributed by atoms with Crippen LogP contribution >= 0.6 is 0 Å². The maximum atomic E-state index is 12.4. The summed E-state index contributed by atoms with van der Waals surface area (Å²) in [5.74, 6) is 0.762. The van der Waals surface area contributed by atoms with Crippen molar-refractivity contribution in [1.82, 2.24) is 9.80 Å². The zero-order valence-electron chi connectivity index (χ0n) is 16.8. The highest BCUT2D eigenvalue weighted by Crippen LogP contribution is 2.19. The summed E-state index contributed by atoms with van der Waals surface area (Å²) in [6, 6.07) is 7.00. The number of Topliss-reactive ketones (excluding diaryl/α,β-unsaturated/α-hetero) is 1. The molecule has 6 heteroatoms. The number of ketones is 1. The molecule has 0 atom stereocenters. The molecule has 1 saturated heterocycles. The molecular weight excluding hydrogens is 344 g/mol. The van der Waals surface area contributed by atoms with E-state index in [2.05, 4.69) is 0 Å². The third-order valence-corrected chi connectivity index (χ3v) is 4.61. The lowest BCUT2D eigenvalue weighted by Crippen LogP contribution is -2.53. The molecule has 0 aromatic heterocycles. The van der Waals surface area contributed by atoms with Gasteiger partial charge in [0.25, 0.3) is 0 Å². The van der Waals surface area contributed by atoms with Crippen molar-refractivity contribution in [2.75, 3.05) is 32.8 Å². The van der Waals surface area contributed by atoms with Gasteiger partial charge in [-0.25, -0.2) is 0 Å². The van der Waals surface area contributed by atoms with E-state index in [1.54, 1.807) is 29.2 Å². The van der Waals surface area contributed by atoms with E-state index in [-0.39, 0.29) is 30.4 Å². The molecular formula is C21H30N2O4. The van der Waals surface area contributed by atoms with E-state index < -0.39 is 5.41 Å². The van der Waals surface area contributed by atoms with Crippen LogP contribution in [-0.2, 0) is 9.59 Å². The van der Waals surface area contributed by atoms with Crippen molar-refractivity contribution >= 4 is 17.6 Å². The molecule has 1 aromatic carbocycles. The number of carbonyl (C=O) groups is 3. The summed E-state index contributed by atoms with van der Waals surface area (Å²) >= 11 is 0. The Balaban J connectivity index is 1.79. The van der Waals surface area contributed by atoms with Crippen LogP contribution in [-0.4, -0.2) is 60.2 Å². The number of piperazine rings is 1. The molecule has 0 unspecified atom stereocenters. The van der Waals surface area contributed by atoms with E-state index in [1.807, 2.05) is 32.6 Å². The standard InChI is InChI=1S/C21H30N2O4/c1-5-27-17-8-6-16(7-9-17)18(24)10-11-19(25)22-12-14-23(15-13-22)20(26)21(2,3)4/h6-9H,5,10-15H2,1-4H3. The second-order valence-electron chi connectivity index (χ2n) is 7.80. The number of benzene rings is 1. The van der Waals surface area contributed by atoms with Crippen LogP contribution in [0.2, 0.25) is 0 Å². The highest BCUT2D eigenvalue weighted by Gasteiger charge is 2.30. The minimum atomic E-state index is -0.406. The van der Waals surface area contributed by atoms with Crippen molar-refractivity contribution in [3.05, 3.63) is 29.8 Å². The SMILES string of the molecule is CCOc1ccc(C(=O)CCC(=O)N2CCN(C(=O)C(C)(C)C)CC2)cc1. The Labute approximate surface area is 161 Å². The molecule has 0 N–H and O–H groups in total. The lowest BCUT2D eigenvalue weighted by atomic mass is 9.94. The van der Waals surface area contributed by atoms with Gasteiger partial charge in [-0.1, -0.05) is 20.8 Å². The van der Waals surface area contributed by atoms with Crippen LogP contribution in [0.5, 0.6) is 5.75 Å². The number of nitrogens with zero attached hydrogens (tertiary/aromatic N) is 2. The summed E-state index contributed by atoms with van der Waals surface area (Å²) in [4.78, 5) is 40.5. The van der Waals surface area contributed by atoms with Crippen molar-refractivity contribution in [1.29, 1.82) is 0 Å². The summed E-state index contributed by atoms with van der Waals surface area (Å²) in [6.45, 7) is 10.3. The first-order chi connectivity index (χ1) is 12.7. The van der Waals surface area contributed by atoms with Gasteiger partial charge in [0.05, 0.1) is 6.61 Å². The first-order valence-corrected chi connectivity index (χ1v) is 9.55. The number of amides is 2. The molecule has 1 aliphatic rings. The fourth-order valence-corrected chi connectivity index (χ4v) is 3.06. The van der Waals surface area contributed by atoms with Crippen molar-refractivity contribution in [3.8, 4) is 5.75 Å². The quantitative estimate of drug-likeness (QED) is 0.718. The van der Waals surface area contributed by atoms with Crippen LogP contribution in [0.3, 0.4) is 0 Å². The van der Waals surface area contributed by atoms with E-state index in [0.717, 1.165) is 5.75 Å². The Hall–Kier alpha value is -2.37. The van der Waals surface area contributed by atoms with E-state index in [1.165, 1.54) is 0 Å². The maximum absolute atomic E-state index is 12.4. The van der Waals surface area contributed by atoms with Crippen molar-refractivity contribution < 1.29 is 19.1 Å². The van der Waals surface area contributed by atoms with Gasteiger partial charge in [-0.3, -0.25) is 14.4 Å². The lowest BCUT2D eigenvalue weighted by molar-refractivity contribution is -0.144. The van der Waals surface area contributed by atoms with Crippen molar-refractivity contribution in [2.24, 2.45) is 5.41 Å². The Morgan fingerprint density at radius 2 is 1.48 bits per heavy atom. The van der Waals surface area contributed by atoms with Crippen LogP contribution in [0.4, 0.5) is 0 Å². The molecule has 0 aliphatic carbocycles. The van der Waals surface area contributed by atoms with Crippen LogP contribution in [0.1, 0.15) is 50.9 Å². The Morgan fingerprint density at radius 1 is 0.926 bits per heavy atom. The molecule has 6 nitrogen and oxygen atoms in total. The molecule has 2 rings (SSSR count). The Bertz CT molecular complexity index is 668. The molecule has 1 heterocycles. The van der Waals surface area contributed by atoms with E-state index >= 15 is 0 Å². The minimum Gasteiger partial charge on any atom is -0.494 e. The molecule has 1 aliphatic heterocycles. The molecule has 1 fully saturated rings. The lowest BCUT2D eigenvalue weighted by Gasteiger charge is -2.37. The molecule has 0 bridgehead atoms. The largest absolute Gasteiger partial charge is 0.494 e. The Morgan fingerprint density at radius 3 is 2.00 bits per heavy atom. The van der Waals surface area contributed by atoms with E-state index in [4.69, 9.17) is 4.74 Å².